The smallest absolute Gasteiger partial charge is 0.267 e. The average Bonchev–Trinajstić information content (AvgIpc) is 2.66. The molecular weight excluding hydrogens is 384 g/mol. The van der Waals surface area contributed by atoms with E-state index in [0.29, 0.717) is 12.8 Å². The molecule has 176 valence electrons. The van der Waals surface area contributed by atoms with Crippen LogP contribution in [0.4, 0.5) is 0 Å². The van der Waals surface area contributed by atoms with Gasteiger partial charge in [-0.3, -0.25) is 4.55 Å². The first kappa shape index (κ1) is 28.9. The molecule has 0 aromatic carbocycles. The molecule has 0 aromatic rings. The summed E-state index contributed by atoms with van der Waals surface area (Å²) in [7, 11) is -3.86. The molecule has 29 heavy (non-hydrogen) atoms. The van der Waals surface area contributed by atoms with E-state index >= 15 is 0 Å². The first-order chi connectivity index (χ1) is 13.9. The Morgan fingerprint density at radius 2 is 0.897 bits per heavy atom. The van der Waals surface area contributed by atoms with E-state index in [0.717, 1.165) is 38.5 Å². The molecule has 0 aromatic heterocycles. The van der Waals surface area contributed by atoms with E-state index in [1.807, 2.05) is 6.92 Å². The molecule has 2 atom stereocenters. The fraction of sp³-hybridized carbons (Fsp3) is 1.00. The Bertz CT molecular complexity index is 436. The molecule has 0 saturated carbocycles. The van der Waals surface area contributed by atoms with Gasteiger partial charge in [-0.25, -0.2) is 0 Å². The summed E-state index contributed by atoms with van der Waals surface area (Å²) in [5, 5.41) is 9.14. The number of aliphatic hydroxyl groups is 1. The van der Waals surface area contributed by atoms with Crippen molar-refractivity contribution >= 4 is 10.1 Å². The minimum Gasteiger partial charge on any atom is -0.393 e. The van der Waals surface area contributed by atoms with Crippen LogP contribution in [-0.4, -0.2) is 29.4 Å². The van der Waals surface area contributed by atoms with Crippen molar-refractivity contribution < 1.29 is 18.1 Å². The molecule has 0 heterocycles. The van der Waals surface area contributed by atoms with Gasteiger partial charge in [0, 0.05) is 0 Å². The molecular formula is C24H50O4S. The quantitative estimate of drug-likeness (QED) is 0.137. The third-order valence-corrected chi connectivity index (χ3v) is 7.28. The highest BCUT2D eigenvalue weighted by Gasteiger charge is 2.20. The molecule has 0 amide bonds. The standard InChI is InChI=1S/C24H50O4S/c1-3-19-23(25)21-17-15-13-11-9-7-5-6-8-10-12-14-16-18-22-24(20-4-2)29(26,27)28/h23-25H,3-22H2,1-2H3,(H,26,27,28). The summed E-state index contributed by atoms with van der Waals surface area (Å²) < 4.78 is 31.8. The van der Waals surface area contributed by atoms with Gasteiger partial charge >= 0.3 is 0 Å². The van der Waals surface area contributed by atoms with E-state index in [2.05, 4.69) is 6.92 Å². The van der Waals surface area contributed by atoms with Crippen molar-refractivity contribution in [3.05, 3.63) is 0 Å². The highest BCUT2D eigenvalue weighted by atomic mass is 32.2. The largest absolute Gasteiger partial charge is 0.393 e. The van der Waals surface area contributed by atoms with E-state index in [9.17, 15) is 18.1 Å². The first-order valence-corrected chi connectivity index (χ1v) is 14.1. The molecule has 2 unspecified atom stereocenters. The summed E-state index contributed by atoms with van der Waals surface area (Å²) >= 11 is 0. The Balaban J connectivity index is 3.30. The van der Waals surface area contributed by atoms with Crippen LogP contribution in [0.5, 0.6) is 0 Å². The Labute approximate surface area is 182 Å². The van der Waals surface area contributed by atoms with Crippen molar-refractivity contribution in [3.63, 3.8) is 0 Å². The monoisotopic (exact) mass is 434 g/mol. The van der Waals surface area contributed by atoms with Crippen molar-refractivity contribution in [2.45, 2.75) is 154 Å². The zero-order chi connectivity index (χ0) is 21.8. The summed E-state index contributed by atoms with van der Waals surface area (Å²) in [5.41, 5.74) is 0. The molecule has 0 aliphatic heterocycles. The fourth-order valence-electron chi connectivity index (χ4n) is 4.12. The summed E-state index contributed by atoms with van der Waals surface area (Å²) in [6.45, 7) is 4.09. The van der Waals surface area contributed by atoms with Gasteiger partial charge in [0.25, 0.3) is 10.1 Å². The molecule has 0 bridgehead atoms. The second-order valence-electron chi connectivity index (χ2n) is 8.90. The summed E-state index contributed by atoms with van der Waals surface area (Å²) in [5.74, 6) is 0. The molecule has 0 aliphatic rings. The normalized spacial score (nSPS) is 14.2. The molecule has 4 nitrogen and oxygen atoms in total. The van der Waals surface area contributed by atoms with Gasteiger partial charge in [0.05, 0.1) is 11.4 Å². The molecule has 0 rings (SSSR count). The van der Waals surface area contributed by atoms with E-state index in [1.165, 1.54) is 77.0 Å². The van der Waals surface area contributed by atoms with Gasteiger partial charge in [-0.1, -0.05) is 117 Å². The Hall–Kier alpha value is -0.130. The van der Waals surface area contributed by atoms with Gasteiger partial charge in [0.1, 0.15) is 0 Å². The fourth-order valence-corrected chi connectivity index (χ4v) is 5.11. The topological polar surface area (TPSA) is 74.6 Å². The van der Waals surface area contributed by atoms with Gasteiger partial charge in [-0.15, -0.1) is 0 Å². The van der Waals surface area contributed by atoms with Crippen LogP contribution in [0.1, 0.15) is 142 Å². The van der Waals surface area contributed by atoms with Crippen molar-refractivity contribution in [3.8, 4) is 0 Å². The molecule has 0 radical (unpaired) electrons. The molecule has 0 aliphatic carbocycles. The van der Waals surface area contributed by atoms with E-state index in [1.54, 1.807) is 0 Å². The van der Waals surface area contributed by atoms with Crippen LogP contribution in [0.15, 0.2) is 0 Å². The molecule has 2 N–H and O–H groups in total. The third kappa shape index (κ3) is 19.6. The first-order valence-electron chi connectivity index (χ1n) is 12.6. The van der Waals surface area contributed by atoms with E-state index in [4.69, 9.17) is 0 Å². The lowest BCUT2D eigenvalue weighted by Crippen LogP contribution is -2.20. The van der Waals surface area contributed by atoms with Gasteiger partial charge in [-0.05, 0) is 25.7 Å². The average molecular weight is 435 g/mol. The minimum absolute atomic E-state index is 0.0744. The van der Waals surface area contributed by atoms with Crippen LogP contribution in [0, 0.1) is 0 Å². The SMILES string of the molecule is CCCC(O)CCCCCCCCCCCCCCCCC(CCC)S(=O)(=O)O. The number of hydrogen-bond acceptors (Lipinski definition) is 3. The van der Waals surface area contributed by atoms with Gasteiger partial charge in [0.2, 0.25) is 0 Å². The maximum absolute atomic E-state index is 11.3. The van der Waals surface area contributed by atoms with Crippen LogP contribution in [0.2, 0.25) is 0 Å². The molecule has 0 fully saturated rings. The lowest BCUT2D eigenvalue weighted by molar-refractivity contribution is 0.150. The predicted octanol–water partition coefficient (Wildman–Crippen LogP) is 7.45. The minimum atomic E-state index is -3.86. The van der Waals surface area contributed by atoms with Crippen molar-refractivity contribution in [1.29, 1.82) is 0 Å². The second kappa shape index (κ2) is 19.8. The van der Waals surface area contributed by atoms with Crippen molar-refractivity contribution in [2.24, 2.45) is 0 Å². The van der Waals surface area contributed by atoms with Crippen LogP contribution in [0.25, 0.3) is 0 Å². The van der Waals surface area contributed by atoms with Gasteiger partial charge < -0.3 is 5.11 Å². The van der Waals surface area contributed by atoms with Crippen LogP contribution in [-0.2, 0) is 10.1 Å². The summed E-state index contributed by atoms with van der Waals surface area (Å²) in [4.78, 5) is 0. The van der Waals surface area contributed by atoms with Crippen molar-refractivity contribution in [1.82, 2.24) is 0 Å². The Kier molecular flexibility index (Phi) is 19.7. The zero-order valence-corrected chi connectivity index (χ0v) is 20.2. The highest BCUT2D eigenvalue weighted by molar-refractivity contribution is 7.86. The molecule has 0 saturated heterocycles. The maximum Gasteiger partial charge on any atom is 0.267 e. The third-order valence-electron chi connectivity index (χ3n) is 5.97. The number of hydrogen-bond donors (Lipinski definition) is 2. The summed E-state index contributed by atoms with van der Waals surface area (Å²) in [6.07, 6.45) is 22.4. The second-order valence-corrected chi connectivity index (χ2v) is 10.6. The van der Waals surface area contributed by atoms with Crippen molar-refractivity contribution in [2.75, 3.05) is 0 Å². The lowest BCUT2D eigenvalue weighted by Gasteiger charge is -2.12. The Morgan fingerprint density at radius 1 is 0.552 bits per heavy atom. The van der Waals surface area contributed by atoms with E-state index in [-0.39, 0.29) is 6.10 Å². The Morgan fingerprint density at radius 3 is 1.24 bits per heavy atom. The molecule has 0 spiro atoms. The number of aliphatic hydroxyl groups excluding tert-OH is 1. The summed E-state index contributed by atoms with van der Waals surface area (Å²) in [6, 6.07) is 0. The lowest BCUT2D eigenvalue weighted by atomic mass is 10.0. The van der Waals surface area contributed by atoms with Crippen LogP contribution >= 0.6 is 0 Å². The highest BCUT2D eigenvalue weighted by Crippen LogP contribution is 2.18. The predicted molar refractivity (Wildman–Crippen MR) is 125 cm³/mol. The number of unbranched alkanes of at least 4 members (excludes halogenated alkanes) is 13. The maximum atomic E-state index is 11.3. The van der Waals surface area contributed by atoms with Gasteiger partial charge in [-0.2, -0.15) is 8.42 Å². The van der Waals surface area contributed by atoms with Crippen LogP contribution < -0.4 is 0 Å². The van der Waals surface area contributed by atoms with Gasteiger partial charge in [0.15, 0.2) is 0 Å². The molecule has 5 heteroatoms. The number of rotatable bonds is 22. The van der Waals surface area contributed by atoms with E-state index < -0.39 is 15.4 Å². The van der Waals surface area contributed by atoms with Crippen LogP contribution in [0.3, 0.4) is 0 Å². The zero-order valence-electron chi connectivity index (χ0n) is 19.4.